The van der Waals surface area contributed by atoms with E-state index in [1.807, 2.05) is 24.3 Å². The summed E-state index contributed by atoms with van der Waals surface area (Å²) >= 11 is 0. The van der Waals surface area contributed by atoms with Crippen LogP contribution in [-0.2, 0) is 6.54 Å². The summed E-state index contributed by atoms with van der Waals surface area (Å²) in [5.41, 5.74) is 7.66. The van der Waals surface area contributed by atoms with Crippen molar-refractivity contribution in [2.75, 3.05) is 11.9 Å². The molecule has 0 aromatic heterocycles. The highest BCUT2D eigenvalue weighted by Gasteiger charge is 2.10. The number of nitrogens with two attached hydrogens (primary N) is 1. The molecule has 1 unspecified atom stereocenters. The number of anilines is 1. The number of benzene rings is 1. The lowest BCUT2D eigenvalue weighted by atomic mass is 10.0. The van der Waals surface area contributed by atoms with Crippen LogP contribution in [-0.4, -0.2) is 17.8 Å². The third kappa shape index (κ3) is 3.53. The molecule has 3 heteroatoms. The van der Waals surface area contributed by atoms with Crippen LogP contribution in [0.15, 0.2) is 24.3 Å². The van der Waals surface area contributed by atoms with Crippen LogP contribution in [0.25, 0.3) is 0 Å². The van der Waals surface area contributed by atoms with Crippen LogP contribution < -0.4 is 11.1 Å². The van der Waals surface area contributed by atoms with Crippen molar-refractivity contribution in [1.82, 2.24) is 0 Å². The Labute approximate surface area is 91.3 Å². The summed E-state index contributed by atoms with van der Waals surface area (Å²) in [6.45, 7) is 4.88. The molecule has 1 rings (SSSR count). The summed E-state index contributed by atoms with van der Waals surface area (Å²) < 4.78 is 0. The van der Waals surface area contributed by atoms with Gasteiger partial charge in [0.25, 0.3) is 0 Å². The first kappa shape index (κ1) is 12.0. The van der Waals surface area contributed by atoms with E-state index in [1.54, 1.807) is 0 Å². The Hall–Kier alpha value is -1.06. The molecule has 0 aliphatic heterocycles. The summed E-state index contributed by atoms with van der Waals surface area (Å²) in [4.78, 5) is 0. The highest BCUT2D eigenvalue weighted by molar-refractivity contribution is 5.45. The van der Waals surface area contributed by atoms with E-state index < -0.39 is 0 Å². The van der Waals surface area contributed by atoms with Crippen molar-refractivity contribution in [3.05, 3.63) is 29.8 Å². The topological polar surface area (TPSA) is 58.3 Å². The SMILES string of the molecule is CC(C)C(CO)Nc1ccc(CN)cc1. The monoisotopic (exact) mass is 208 g/mol. The van der Waals surface area contributed by atoms with Gasteiger partial charge in [-0.25, -0.2) is 0 Å². The van der Waals surface area contributed by atoms with Gasteiger partial charge in [0.2, 0.25) is 0 Å². The van der Waals surface area contributed by atoms with Crippen molar-refractivity contribution in [2.45, 2.75) is 26.4 Å². The Morgan fingerprint density at radius 2 is 1.87 bits per heavy atom. The fraction of sp³-hybridized carbons (Fsp3) is 0.500. The molecule has 0 bridgehead atoms. The summed E-state index contributed by atoms with van der Waals surface area (Å²) in [5.74, 6) is 0.407. The van der Waals surface area contributed by atoms with Gasteiger partial charge in [0, 0.05) is 12.2 Å². The minimum absolute atomic E-state index is 0.105. The first-order valence-corrected chi connectivity index (χ1v) is 5.33. The van der Waals surface area contributed by atoms with Crippen molar-refractivity contribution in [2.24, 2.45) is 11.7 Å². The van der Waals surface area contributed by atoms with Crippen molar-refractivity contribution < 1.29 is 5.11 Å². The number of nitrogens with one attached hydrogen (secondary N) is 1. The molecule has 0 fully saturated rings. The Balaban J connectivity index is 2.63. The van der Waals surface area contributed by atoms with Crippen molar-refractivity contribution in [1.29, 1.82) is 0 Å². The zero-order valence-electron chi connectivity index (χ0n) is 9.40. The van der Waals surface area contributed by atoms with Crippen LogP contribution in [0, 0.1) is 5.92 Å². The van der Waals surface area contributed by atoms with E-state index in [-0.39, 0.29) is 12.6 Å². The van der Waals surface area contributed by atoms with Gasteiger partial charge in [0.15, 0.2) is 0 Å². The smallest absolute Gasteiger partial charge is 0.0635 e. The zero-order valence-corrected chi connectivity index (χ0v) is 9.40. The van der Waals surface area contributed by atoms with Crippen molar-refractivity contribution in [3.63, 3.8) is 0 Å². The molecule has 15 heavy (non-hydrogen) atoms. The molecule has 1 aromatic carbocycles. The molecule has 4 N–H and O–H groups in total. The number of aliphatic hydroxyl groups excluding tert-OH is 1. The molecule has 0 radical (unpaired) electrons. The molecule has 0 saturated carbocycles. The van der Waals surface area contributed by atoms with Crippen molar-refractivity contribution in [3.8, 4) is 0 Å². The third-order valence-corrected chi connectivity index (χ3v) is 2.54. The summed E-state index contributed by atoms with van der Waals surface area (Å²) in [6.07, 6.45) is 0. The number of aliphatic hydroxyl groups is 1. The van der Waals surface area contributed by atoms with E-state index >= 15 is 0 Å². The Morgan fingerprint density at radius 3 is 2.27 bits per heavy atom. The normalized spacial score (nSPS) is 12.9. The molecule has 1 atom stereocenters. The Bertz CT molecular complexity index is 282. The Morgan fingerprint density at radius 1 is 1.27 bits per heavy atom. The lowest BCUT2D eigenvalue weighted by molar-refractivity contribution is 0.249. The molecule has 0 aliphatic carbocycles. The summed E-state index contributed by atoms with van der Waals surface area (Å²) in [7, 11) is 0. The second-order valence-electron chi connectivity index (χ2n) is 4.08. The quantitative estimate of drug-likeness (QED) is 0.688. The van der Waals surface area contributed by atoms with E-state index in [2.05, 4.69) is 19.2 Å². The average molecular weight is 208 g/mol. The first-order chi connectivity index (χ1) is 7.17. The molecule has 3 nitrogen and oxygen atoms in total. The molecular weight excluding hydrogens is 188 g/mol. The average Bonchev–Trinajstić information content (AvgIpc) is 2.26. The molecule has 0 heterocycles. The molecule has 0 amide bonds. The van der Waals surface area contributed by atoms with Gasteiger partial charge in [-0.1, -0.05) is 26.0 Å². The van der Waals surface area contributed by atoms with Gasteiger partial charge in [-0.2, -0.15) is 0 Å². The predicted molar refractivity (Wildman–Crippen MR) is 63.7 cm³/mol. The van der Waals surface area contributed by atoms with E-state index in [9.17, 15) is 5.11 Å². The van der Waals surface area contributed by atoms with Gasteiger partial charge >= 0.3 is 0 Å². The standard InChI is InChI=1S/C12H20N2O/c1-9(2)12(8-15)14-11-5-3-10(7-13)4-6-11/h3-6,9,12,14-15H,7-8,13H2,1-2H3. The maximum Gasteiger partial charge on any atom is 0.0635 e. The van der Waals surface area contributed by atoms with E-state index in [0.29, 0.717) is 12.5 Å². The highest BCUT2D eigenvalue weighted by atomic mass is 16.3. The van der Waals surface area contributed by atoms with Crippen LogP contribution in [0.2, 0.25) is 0 Å². The van der Waals surface area contributed by atoms with Crippen LogP contribution in [0.1, 0.15) is 19.4 Å². The van der Waals surface area contributed by atoms with Gasteiger partial charge in [-0.05, 0) is 23.6 Å². The fourth-order valence-corrected chi connectivity index (χ4v) is 1.37. The molecule has 84 valence electrons. The largest absolute Gasteiger partial charge is 0.394 e. The van der Waals surface area contributed by atoms with E-state index in [4.69, 9.17) is 5.73 Å². The second-order valence-corrected chi connectivity index (χ2v) is 4.08. The van der Waals surface area contributed by atoms with Crippen LogP contribution in [0.4, 0.5) is 5.69 Å². The zero-order chi connectivity index (χ0) is 11.3. The van der Waals surface area contributed by atoms with E-state index in [0.717, 1.165) is 11.3 Å². The highest BCUT2D eigenvalue weighted by Crippen LogP contribution is 2.13. The molecule has 1 aromatic rings. The summed E-state index contributed by atoms with van der Waals surface area (Å²) in [6, 6.07) is 8.09. The molecular formula is C12H20N2O. The lowest BCUT2D eigenvalue weighted by Gasteiger charge is -2.21. The van der Waals surface area contributed by atoms with Gasteiger partial charge < -0.3 is 16.2 Å². The fourth-order valence-electron chi connectivity index (χ4n) is 1.37. The van der Waals surface area contributed by atoms with Crippen LogP contribution in [0.5, 0.6) is 0 Å². The van der Waals surface area contributed by atoms with Gasteiger partial charge in [0.1, 0.15) is 0 Å². The first-order valence-electron chi connectivity index (χ1n) is 5.33. The third-order valence-electron chi connectivity index (χ3n) is 2.54. The molecule has 0 spiro atoms. The Kier molecular flexibility index (Phi) is 4.59. The number of rotatable bonds is 5. The maximum atomic E-state index is 9.18. The van der Waals surface area contributed by atoms with Crippen LogP contribution >= 0.6 is 0 Å². The van der Waals surface area contributed by atoms with Crippen molar-refractivity contribution >= 4 is 5.69 Å². The summed E-state index contributed by atoms with van der Waals surface area (Å²) in [5, 5.41) is 12.5. The number of hydrogen-bond acceptors (Lipinski definition) is 3. The molecule has 0 aliphatic rings. The second kappa shape index (κ2) is 5.73. The minimum Gasteiger partial charge on any atom is -0.394 e. The number of hydrogen-bond donors (Lipinski definition) is 3. The lowest BCUT2D eigenvalue weighted by Crippen LogP contribution is -2.29. The van der Waals surface area contributed by atoms with E-state index in [1.165, 1.54) is 0 Å². The van der Waals surface area contributed by atoms with Gasteiger partial charge in [0.05, 0.1) is 12.6 Å². The van der Waals surface area contributed by atoms with Crippen LogP contribution in [0.3, 0.4) is 0 Å². The predicted octanol–water partition coefficient (Wildman–Crippen LogP) is 1.57. The molecule has 0 saturated heterocycles. The maximum absolute atomic E-state index is 9.18. The van der Waals surface area contributed by atoms with Gasteiger partial charge in [-0.15, -0.1) is 0 Å². The minimum atomic E-state index is 0.105. The van der Waals surface area contributed by atoms with Gasteiger partial charge in [-0.3, -0.25) is 0 Å².